The third kappa shape index (κ3) is 6.04. The number of nitrogens with one attached hydrogen (secondary N) is 1. The van der Waals surface area contributed by atoms with Crippen LogP contribution in [0.2, 0.25) is 0 Å². The lowest BCUT2D eigenvalue weighted by Crippen LogP contribution is -2.41. The lowest BCUT2D eigenvalue weighted by molar-refractivity contribution is -0.120. The number of halogens is 5. The summed E-state index contributed by atoms with van der Waals surface area (Å²) < 4.78 is 85.6. The number of hydrogen-bond donors (Lipinski definition) is 1. The molecule has 1 saturated carbocycles. The van der Waals surface area contributed by atoms with Gasteiger partial charge in [-0.3, -0.25) is 9.36 Å². The fourth-order valence-electron chi connectivity index (χ4n) is 3.77. The van der Waals surface area contributed by atoms with Gasteiger partial charge >= 0.3 is 0 Å². The predicted molar refractivity (Wildman–Crippen MR) is 108 cm³/mol. The second kappa shape index (κ2) is 10.5. The molecule has 0 bridgehead atoms. The third-order valence-electron chi connectivity index (χ3n) is 5.27. The van der Waals surface area contributed by atoms with Crippen LogP contribution >= 0.6 is 0 Å². The summed E-state index contributed by atoms with van der Waals surface area (Å²) in [6.45, 7) is 2.20. The van der Waals surface area contributed by atoms with E-state index in [0.717, 1.165) is 4.57 Å². The number of ether oxygens (including phenoxy) is 3. The molecule has 4 atom stereocenters. The number of alkyl halides is 3. The molecular weight excluding hydrogens is 453 g/mol. The zero-order valence-corrected chi connectivity index (χ0v) is 18.4. The Morgan fingerprint density at radius 1 is 1.30 bits per heavy atom. The summed E-state index contributed by atoms with van der Waals surface area (Å²) in [6, 6.07) is 0.256. The molecule has 1 aliphatic rings. The monoisotopic (exact) mass is 479 g/mol. The van der Waals surface area contributed by atoms with Crippen molar-refractivity contribution in [2.24, 2.45) is 7.05 Å². The Morgan fingerprint density at radius 2 is 2.03 bits per heavy atom. The van der Waals surface area contributed by atoms with E-state index >= 15 is 0 Å². The summed E-state index contributed by atoms with van der Waals surface area (Å²) in [6.07, 6.45) is -4.72. The molecule has 2 aromatic rings. The molecule has 0 aliphatic heterocycles. The van der Waals surface area contributed by atoms with Gasteiger partial charge < -0.3 is 19.5 Å². The number of hydrogen-bond acceptors (Lipinski definition) is 5. The van der Waals surface area contributed by atoms with Gasteiger partial charge in [-0.25, -0.2) is 22.0 Å². The summed E-state index contributed by atoms with van der Waals surface area (Å²) in [5.41, 5.74) is -0.662. The second-order valence-electron chi connectivity index (χ2n) is 8.07. The molecule has 12 heteroatoms. The Bertz CT molecular complexity index is 987. The van der Waals surface area contributed by atoms with Gasteiger partial charge in [0.05, 0.1) is 12.7 Å². The molecule has 1 aromatic carbocycles. The SMILES string of the molecule is CC(=O)N[C@@H](C)CO[C@H]1CCC(Oc2nc3c(F)cc(OCC(F)F)c(F)c3n2C)C[C@H]1F. The zero-order valence-electron chi connectivity index (χ0n) is 18.4. The molecule has 0 radical (unpaired) electrons. The van der Waals surface area contributed by atoms with Gasteiger partial charge in [-0.05, 0) is 19.8 Å². The molecule has 33 heavy (non-hydrogen) atoms. The van der Waals surface area contributed by atoms with Gasteiger partial charge in [-0.1, -0.05) is 0 Å². The third-order valence-corrected chi connectivity index (χ3v) is 5.27. The van der Waals surface area contributed by atoms with E-state index in [9.17, 15) is 26.7 Å². The molecular formula is C21H26F5N3O4. The fraction of sp³-hybridized carbons (Fsp3) is 0.619. The molecule has 1 N–H and O–H groups in total. The number of fused-ring (bicyclic) bond motifs is 1. The lowest BCUT2D eigenvalue weighted by Gasteiger charge is -2.32. The van der Waals surface area contributed by atoms with Crippen LogP contribution in [0.1, 0.15) is 33.1 Å². The van der Waals surface area contributed by atoms with Gasteiger partial charge in [0.15, 0.2) is 17.4 Å². The van der Waals surface area contributed by atoms with Crippen LogP contribution in [0.5, 0.6) is 11.8 Å². The van der Waals surface area contributed by atoms with E-state index in [0.29, 0.717) is 18.9 Å². The maximum Gasteiger partial charge on any atom is 0.297 e. The van der Waals surface area contributed by atoms with Crippen molar-refractivity contribution in [2.75, 3.05) is 13.2 Å². The standard InChI is InChI=1S/C21H26F5N3O4/c1-10(27-11(2)30)8-31-15-5-4-12(6-13(15)22)33-21-28-19-14(23)7-16(32-9-17(24)25)18(26)20(19)29(21)3/h7,10,12-13,15,17H,4-6,8-9H2,1-3H3,(H,27,30)/t10-,12?,13+,15-/m0/s1. The summed E-state index contributed by atoms with van der Waals surface area (Å²) in [7, 11) is 1.37. The minimum absolute atomic E-state index is 0.0178. The highest BCUT2D eigenvalue weighted by atomic mass is 19.3. The van der Waals surface area contributed by atoms with Crippen molar-refractivity contribution >= 4 is 16.9 Å². The summed E-state index contributed by atoms with van der Waals surface area (Å²) in [4.78, 5) is 15.0. The topological polar surface area (TPSA) is 74.6 Å². The highest BCUT2D eigenvalue weighted by Crippen LogP contribution is 2.33. The van der Waals surface area contributed by atoms with E-state index in [4.69, 9.17) is 9.47 Å². The maximum absolute atomic E-state index is 14.7. The van der Waals surface area contributed by atoms with Crippen LogP contribution in [0.15, 0.2) is 6.07 Å². The van der Waals surface area contributed by atoms with Crippen LogP contribution in [0.25, 0.3) is 11.0 Å². The zero-order chi connectivity index (χ0) is 24.3. The molecule has 1 unspecified atom stereocenters. The van der Waals surface area contributed by atoms with E-state index in [-0.39, 0.29) is 42.0 Å². The van der Waals surface area contributed by atoms with Gasteiger partial charge in [0.2, 0.25) is 5.91 Å². The smallest absolute Gasteiger partial charge is 0.297 e. The minimum Gasteiger partial charge on any atom is -0.484 e. The van der Waals surface area contributed by atoms with Crippen molar-refractivity contribution in [2.45, 2.75) is 64.0 Å². The molecule has 1 fully saturated rings. The van der Waals surface area contributed by atoms with Gasteiger partial charge in [-0.2, -0.15) is 4.98 Å². The fourth-order valence-corrected chi connectivity index (χ4v) is 3.77. The van der Waals surface area contributed by atoms with Crippen LogP contribution in [-0.2, 0) is 16.6 Å². The number of imidazole rings is 1. The van der Waals surface area contributed by atoms with Crippen molar-refractivity contribution in [3.05, 3.63) is 17.7 Å². The van der Waals surface area contributed by atoms with E-state index in [1.54, 1.807) is 6.92 Å². The van der Waals surface area contributed by atoms with E-state index in [1.165, 1.54) is 14.0 Å². The molecule has 0 saturated heterocycles. The van der Waals surface area contributed by atoms with Crippen molar-refractivity contribution in [1.29, 1.82) is 0 Å². The summed E-state index contributed by atoms with van der Waals surface area (Å²) in [5.74, 6) is -2.88. The molecule has 1 aromatic heterocycles. The first-order chi connectivity index (χ1) is 15.6. The number of aryl methyl sites for hydroxylation is 1. The molecule has 7 nitrogen and oxygen atoms in total. The molecule has 3 rings (SSSR count). The Morgan fingerprint density at radius 3 is 2.67 bits per heavy atom. The van der Waals surface area contributed by atoms with Crippen LogP contribution in [-0.4, -0.2) is 59.5 Å². The van der Waals surface area contributed by atoms with Gasteiger partial charge in [0.25, 0.3) is 12.4 Å². The Balaban J connectivity index is 1.66. The maximum atomic E-state index is 14.7. The molecule has 1 aliphatic carbocycles. The highest BCUT2D eigenvalue weighted by Gasteiger charge is 2.34. The molecule has 1 heterocycles. The number of benzene rings is 1. The number of nitrogens with zero attached hydrogens (tertiary/aromatic N) is 2. The average Bonchev–Trinajstić information content (AvgIpc) is 3.05. The first-order valence-electron chi connectivity index (χ1n) is 10.5. The number of amides is 1. The van der Waals surface area contributed by atoms with Gasteiger partial charge in [-0.15, -0.1) is 0 Å². The average molecular weight is 479 g/mol. The van der Waals surface area contributed by atoms with Crippen molar-refractivity contribution < 1.29 is 41.0 Å². The first-order valence-corrected chi connectivity index (χ1v) is 10.5. The quantitative estimate of drug-likeness (QED) is 0.556. The second-order valence-corrected chi connectivity index (χ2v) is 8.07. The first kappa shape index (κ1) is 25.0. The van der Waals surface area contributed by atoms with Crippen LogP contribution in [0, 0.1) is 11.6 Å². The largest absolute Gasteiger partial charge is 0.484 e. The van der Waals surface area contributed by atoms with Gasteiger partial charge in [0.1, 0.15) is 29.9 Å². The Labute approximate surface area is 187 Å². The summed E-state index contributed by atoms with van der Waals surface area (Å²) >= 11 is 0. The van der Waals surface area contributed by atoms with Crippen LogP contribution < -0.4 is 14.8 Å². The minimum atomic E-state index is -2.85. The Hall–Kier alpha value is -2.63. The number of carbonyl (C=O) groups is 1. The van der Waals surface area contributed by atoms with Crippen LogP contribution in [0.3, 0.4) is 0 Å². The van der Waals surface area contributed by atoms with Crippen molar-refractivity contribution in [1.82, 2.24) is 14.9 Å². The highest BCUT2D eigenvalue weighted by molar-refractivity contribution is 5.80. The normalized spacial score (nSPS) is 21.9. The molecule has 184 valence electrons. The summed E-state index contributed by atoms with van der Waals surface area (Å²) in [5, 5.41) is 2.65. The van der Waals surface area contributed by atoms with Gasteiger partial charge in [0, 0.05) is 32.5 Å². The van der Waals surface area contributed by atoms with E-state index in [1.807, 2.05) is 0 Å². The van der Waals surface area contributed by atoms with E-state index in [2.05, 4.69) is 15.0 Å². The van der Waals surface area contributed by atoms with E-state index < -0.39 is 48.8 Å². The molecule has 1 amide bonds. The van der Waals surface area contributed by atoms with Crippen molar-refractivity contribution in [3.63, 3.8) is 0 Å². The molecule has 0 spiro atoms. The Kier molecular flexibility index (Phi) is 7.98. The number of carbonyl (C=O) groups excluding carboxylic acids is 1. The van der Waals surface area contributed by atoms with Crippen LogP contribution in [0.4, 0.5) is 22.0 Å². The lowest BCUT2D eigenvalue weighted by atomic mass is 9.93. The predicted octanol–water partition coefficient (Wildman–Crippen LogP) is 3.67. The van der Waals surface area contributed by atoms with Crippen molar-refractivity contribution in [3.8, 4) is 11.8 Å². The number of aromatic nitrogens is 2. The number of rotatable bonds is 9.